The number of β-amino-alcohol motifs (C(OH)–C–C–N with tert-alkyl or cyclic N) is 1. The fourth-order valence-corrected chi connectivity index (χ4v) is 6.46. The largest absolute Gasteiger partial charge is 0.392 e. The Morgan fingerprint density at radius 1 is 1.03 bits per heavy atom. The van der Waals surface area contributed by atoms with Crippen molar-refractivity contribution in [2.24, 2.45) is 5.92 Å². The molecular weight excluding hydrogens is 478 g/mol. The van der Waals surface area contributed by atoms with Gasteiger partial charge in [0, 0.05) is 82.2 Å². The molecule has 2 aromatic heterocycles. The molecule has 1 amide bonds. The number of aliphatic hydroxyl groups is 1. The normalized spacial score (nSPS) is 24.7. The van der Waals surface area contributed by atoms with Gasteiger partial charge in [-0.25, -0.2) is 4.98 Å². The number of rotatable bonds is 6. The standard InChI is InChI=1S/C29H39N7O2/c1-21(37)34-15-17-35(18-16-34)26-3-2-4-27-25(26)11-14-36(27)28-9-12-30-29(32-28)31-23-7-5-22(6-8-23)19-33-13-10-24(38)20-33/h2-4,9,11-12,14,22-24,38H,5-8,10,13,15-20H2,1H3,(H,30,31,32)/t22?,23?,24-/m1/s1. The highest BCUT2D eigenvalue weighted by atomic mass is 16.3. The Morgan fingerprint density at radius 2 is 1.84 bits per heavy atom. The third-order valence-corrected chi connectivity index (χ3v) is 8.61. The van der Waals surface area contributed by atoms with Crippen molar-refractivity contribution in [1.29, 1.82) is 0 Å². The molecule has 2 saturated heterocycles. The maximum absolute atomic E-state index is 11.7. The Hall–Kier alpha value is -3.17. The summed E-state index contributed by atoms with van der Waals surface area (Å²) < 4.78 is 2.14. The first-order valence-corrected chi connectivity index (χ1v) is 14.1. The van der Waals surface area contributed by atoms with E-state index in [4.69, 9.17) is 4.98 Å². The lowest BCUT2D eigenvalue weighted by atomic mass is 9.86. The minimum Gasteiger partial charge on any atom is -0.392 e. The second-order valence-electron chi connectivity index (χ2n) is 11.2. The number of likely N-dealkylation sites (tertiary alicyclic amines) is 1. The molecule has 3 aliphatic rings. The van der Waals surface area contributed by atoms with Crippen molar-refractivity contribution in [1.82, 2.24) is 24.3 Å². The van der Waals surface area contributed by atoms with Crippen LogP contribution in [0.4, 0.5) is 11.6 Å². The van der Waals surface area contributed by atoms with E-state index >= 15 is 0 Å². The summed E-state index contributed by atoms with van der Waals surface area (Å²) in [5, 5.41) is 14.6. The van der Waals surface area contributed by atoms with Gasteiger partial charge in [-0.2, -0.15) is 4.98 Å². The molecule has 0 bridgehead atoms. The second-order valence-corrected chi connectivity index (χ2v) is 11.2. The van der Waals surface area contributed by atoms with Gasteiger partial charge in [0.15, 0.2) is 0 Å². The van der Waals surface area contributed by atoms with Gasteiger partial charge >= 0.3 is 0 Å². The summed E-state index contributed by atoms with van der Waals surface area (Å²) in [7, 11) is 0. The fraction of sp³-hybridized carbons (Fsp3) is 0.552. The number of aromatic nitrogens is 3. The van der Waals surface area contributed by atoms with Crippen LogP contribution in [-0.2, 0) is 4.79 Å². The molecule has 0 radical (unpaired) electrons. The maximum Gasteiger partial charge on any atom is 0.224 e. The Balaban J connectivity index is 1.11. The predicted octanol–water partition coefficient (Wildman–Crippen LogP) is 3.13. The summed E-state index contributed by atoms with van der Waals surface area (Å²) in [6.45, 7) is 7.84. The molecule has 9 nitrogen and oxygen atoms in total. The average Bonchev–Trinajstić information content (AvgIpc) is 3.56. The van der Waals surface area contributed by atoms with Crippen LogP contribution in [0.2, 0.25) is 0 Å². The molecule has 1 saturated carbocycles. The zero-order chi connectivity index (χ0) is 26.1. The summed E-state index contributed by atoms with van der Waals surface area (Å²) >= 11 is 0. The number of fused-ring (bicyclic) bond motifs is 1. The summed E-state index contributed by atoms with van der Waals surface area (Å²) in [5.74, 6) is 2.42. The lowest BCUT2D eigenvalue weighted by Gasteiger charge is -2.36. The zero-order valence-electron chi connectivity index (χ0n) is 22.3. The van der Waals surface area contributed by atoms with Crippen LogP contribution in [0.5, 0.6) is 0 Å². The molecule has 3 fully saturated rings. The van der Waals surface area contributed by atoms with E-state index in [-0.39, 0.29) is 12.0 Å². The van der Waals surface area contributed by atoms with Crippen molar-refractivity contribution in [2.45, 2.75) is 51.2 Å². The molecule has 6 rings (SSSR count). The number of amides is 1. The van der Waals surface area contributed by atoms with Gasteiger partial charge in [0.1, 0.15) is 5.82 Å². The van der Waals surface area contributed by atoms with Gasteiger partial charge in [-0.05, 0) is 62.3 Å². The predicted molar refractivity (Wildman–Crippen MR) is 150 cm³/mol. The van der Waals surface area contributed by atoms with E-state index in [0.717, 1.165) is 82.3 Å². The number of anilines is 2. The number of nitrogens with zero attached hydrogens (tertiary/aromatic N) is 6. The zero-order valence-corrected chi connectivity index (χ0v) is 22.3. The van der Waals surface area contributed by atoms with E-state index < -0.39 is 0 Å². The molecule has 0 spiro atoms. The smallest absolute Gasteiger partial charge is 0.224 e. The van der Waals surface area contributed by atoms with E-state index in [1.807, 2.05) is 17.2 Å². The number of carbonyl (C=O) groups is 1. The van der Waals surface area contributed by atoms with Crippen LogP contribution >= 0.6 is 0 Å². The molecule has 1 atom stereocenters. The van der Waals surface area contributed by atoms with Gasteiger partial charge in [-0.1, -0.05) is 6.07 Å². The Kier molecular flexibility index (Phi) is 7.21. The molecule has 2 N–H and O–H groups in total. The fourth-order valence-electron chi connectivity index (χ4n) is 6.46. The molecule has 1 aliphatic carbocycles. The van der Waals surface area contributed by atoms with E-state index in [1.165, 1.54) is 23.9 Å². The highest BCUT2D eigenvalue weighted by molar-refractivity contribution is 5.94. The minimum atomic E-state index is -0.134. The molecule has 202 valence electrons. The van der Waals surface area contributed by atoms with Gasteiger partial charge in [-0.3, -0.25) is 4.79 Å². The Bertz CT molecular complexity index is 1260. The third-order valence-electron chi connectivity index (χ3n) is 8.61. The van der Waals surface area contributed by atoms with Crippen LogP contribution in [0.3, 0.4) is 0 Å². The number of piperazine rings is 1. The first-order chi connectivity index (χ1) is 18.5. The molecule has 1 aromatic carbocycles. The van der Waals surface area contributed by atoms with Crippen LogP contribution in [0, 0.1) is 5.92 Å². The van der Waals surface area contributed by atoms with Crippen LogP contribution in [-0.4, -0.2) is 93.3 Å². The highest BCUT2D eigenvalue weighted by Gasteiger charge is 2.27. The summed E-state index contributed by atoms with van der Waals surface area (Å²) in [6, 6.07) is 10.9. The van der Waals surface area contributed by atoms with Crippen LogP contribution in [0.15, 0.2) is 42.7 Å². The van der Waals surface area contributed by atoms with Crippen molar-refractivity contribution in [3.05, 3.63) is 42.7 Å². The summed E-state index contributed by atoms with van der Waals surface area (Å²) in [4.78, 5) is 27.9. The van der Waals surface area contributed by atoms with Crippen molar-refractivity contribution in [3.63, 3.8) is 0 Å². The van der Waals surface area contributed by atoms with Crippen molar-refractivity contribution >= 4 is 28.4 Å². The van der Waals surface area contributed by atoms with Crippen LogP contribution in [0.25, 0.3) is 16.7 Å². The Labute approximate surface area is 224 Å². The van der Waals surface area contributed by atoms with Gasteiger partial charge in [0.05, 0.1) is 11.6 Å². The number of aliphatic hydroxyl groups excluding tert-OH is 1. The minimum absolute atomic E-state index is 0.134. The van der Waals surface area contributed by atoms with E-state index in [9.17, 15) is 9.90 Å². The lowest BCUT2D eigenvalue weighted by Crippen LogP contribution is -2.48. The average molecular weight is 518 g/mol. The number of hydrogen-bond donors (Lipinski definition) is 2. The lowest BCUT2D eigenvalue weighted by molar-refractivity contribution is -0.129. The quantitative estimate of drug-likeness (QED) is 0.519. The van der Waals surface area contributed by atoms with E-state index in [1.54, 1.807) is 6.92 Å². The van der Waals surface area contributed by atoms with Gasteiger partial charge < -0.3 is 29.7 Å². The molecule has 3 aromatic rings. The van der Waals surface area contributed by atoms with Crippen molar-refractivity contribution in [2.75, 3.05) is 56.0 Å². The number of hydrogen-bond acceptors (Lipinski definition) is 7. The molecule has 0 unspecified atom stereocenters. The molecular formula is C29H39N7O2. The topological polar surface area (TPSA) is 89.8 Å². The SMILES string of the molecule is CC(=O)N1CCN(c2cccc3c2ccn3-c2ccnc(NC3CCC(CN4CC[C@@H](O)C4)CC3)n2)CC1. The van der Waals surface area contributed by atoms with Gasteiger partial charge in [-0.15, -0.1) is 0 Å². The van der Waals surface area contributed by atoms with Crippen molar-refractivity contribution < 1.29 is 9.90 Å². The van der Waals surface area contributed by atoms with E-state index in [2.05, 4.69) is 55.1 Å². The molecule has 2 aliphatic heterocycles. The van der Waals surface area contributed by atoms with Crippen LogP contribution in [0.1, 0.15) is 39.0 Å². The molecule has 38 heavy (non-hydrogen) atoms. The summed E-state index contributed by atoms with van der Waals surface area (Å²) in [6.07, 6.45) is 9.37. The van der Waals surface area contributed by atoms with Crippen molar-refractivity contribution in [3.8, 4) is 5.82 Å². The number of benzene rings is 1. The monoisotopic (exact) mass is 517 g/mol. The second kappa shape index (κ2) is 10.9. The Morgan fingerprint density at radius 3 is 2.58 bits per heavy atom. The first-order valence-electron chi connectivity index (χ1n) is 14.1. The first kappa shape index (κ1) is 25.1. The number of nitrogens with one attached hydrogen (secondary N) is 1. The maximum atomic E-state index is 11.7. The summed E-state index contributed by atoms with van der Waals surface area (Å²) in [5.41, 5.74) is 2.32. The number of carbonyl (C=O) groups excluding carboxylic acids is 1. The highest BCUT2D eigenvalue weighted by Crippen LogP contribution is 2.31. The van der Waals surface area contributed by atoms with Gasteiger partial charge in [0.2, 0.25) is 11.9 Å². The van der Waals surface area contributed by atoms with Gasteiger partial charge in [0.25, 0.3) is 0 Å². The van der Waals surface area contributed by atoms with E-state index in [0.29, 0.717) is 12.0 Å². The molecule has 9 heteroatoms. The third kappa shape index (κ3) is 5.35. The molecule has 4 heterocycles. The van der Waals surface area contributed by atoms with Crippen LogP contribution < -0.4 is 10.2 Å².